The number of aliphatic hydroxyl groups is 1. The molecule has 5 rings (SSSR count). The van der Waals surface area contributed by atoms with Crippen LogP contribution < -0.4 is 0 Å². The van der Waals surface area contributed by atoms with Gasteiger partial charge in [-0.05, 0) is 24.8 Å². The third-order valence-electron chi connectivity index (χ3n) is 6.94. The smallest absolute Gasteiger partial charge is 0.0682 e. The second kappa shape index (κ2) is 6.88. The first-order chi connectivity index (χ1) is 12.7. The summed E-state index contributed by atoms with van der Waals surface area (Å²) in [7, 11) is 0. The number of likely N-dealkylation sites (tertiary alicyclic amines) is 1. The van der Waals surface area contributed by atoms with Crippen LogP contribution in [0.2, 0.25) is 0 Å². The van der Waals surface area contributed by atoms with Gasteiger partial charge in [-0.2, -0.15) is 0 Å². The van der Waals surface area contributed by atoms with Gasteiger partial charge in [-0.1, -0.05) is 30.3 Å². The molecule has 5 nitrogen and oxygen atoms in total. The molecular formula is C21H31N3O2. The molecule has 2 atom stereocenters. The second-order valence-corrected chi connectivity index (χ2v) is 8.82. The second-order valence-electron chi connectivity index (χ2n) is 8.82. The summed E-state index contributed by atoms with van der Waals surface area (Å²) in [5.41, 5.74) is 1.64. The number of nitrogens with zero attached hydrogens (tertiary/aromatic N) is 3. The predicted octanol–water partition coefficient (Wildman–Crippen LogP) is 1.17. The van der Waals surface area contributed by atoms with E-state index in [9.17, 15) is 5.11 Å². The van der Waals surface area contributed by atoms with E-state index in [2.05, 4.69) is 45.0 Å². The van der Waals surface area contributed by atoms with Crippen molar-refractivity contribution in [2.45, 2.75) is 49.5 Å². The number of ether oxygens (including phenoxy) is 1. The van der Waals surface area contributed by atoms with Gasteiger partial charge in [0, 0.05) is 64.6 Å². The van der Waals surface area contributed by atoms with E-state index in [1.54, 1.807) is 0 Å². The summed E-state index contributed by atoms with van der Waals surface area (Å²) >= 11 is 0. The predicted molar refractivity (Wildman–Crippen MR) is 101 cm³/mol. The molecule has 4 saturated heterocycles. The third-order valence-corrected chi connectivity index (χ3v) is 6.94. The van der Waals surface area contributed by atoms with Crippen molar-refractivity contribution < 1.29 is 9.84 Å². The lowest BCUT2D eigenvalue weighted by Crippen LogP contribution is -2.79. The van der Waals surface area contributed by atoms with E-state index in [0.717, 1.165) is 58.9 Å². The summed E-state index contributed by atoms with van der Waals surface area (Å²) in [5.74, 6) is 0. The maximum Gasteiger partial charge on any atom is 0.0682 e. The normalized spacial score (nSPS) is 33.3. The zero-order chi connectivity index (χ0) is 17.6. The zero-order valence-corrected chi connectivity index (χ0v) is 15.6. The van der Waals surface area contributed by atoms with Crippen LogP contribution in [0, 0.1) is 0 Å². The van der Waals surface area contributed by atoms with Gasteiger partial charge in [0.05, 0.1) is 11.6 Å². The Kier molecular flexibility index (Phi) is 4.53. The fraction of sp³-hybridized carbons (Fsp3) is 0.714. The molecule has 0 amide bonds. The Balaban J connectivity index is 1.30. The van der Waals surface area contributed by atoms with Gasteiger partial charge in [0.25, 0.3) is 0 Å². The summed E-state index contributed by atoms with van der Waals surface area (Å²) in [6.07, 6.45) is 3.14. The Bertz CT molecular complexity index is 613. The van der Waals surface area contributed by atoms with Crippen molar-refractivity contribution in [1.29, 1.82) is 0 Å². The summed E-state index contributed by atoms with van der Waals surface area (Å²) in [6.45, 7) is 8.26. The van der Waals surface area contributed by atoms with Crippen molar-refractivity contribution in [3.63, 3.8) is 0 Å². The fourth-order valence-corrected chi connectivity index (χ4v) is 5.78. The van der Waals surface area contributed by atoms with Crippen LogP contribution in [-0.4, -0.2) is 89.5 Å². The number of β-amino-alcohol motifs (C(OH)–C–C–N with tert-alkyl or cyclic N) is 1. The van der Waals surface area contributed by atoms with Crippen molar-refractivity contribution in [3.8, 4) is 0 Å². The van der Waals surface area contributed by atoms with Gasteiger partial charge in [0.1, 0.15) is 0 Å². The molecule has 142 valence electrons. The first-order valence-corrected chi connectivity index (χ1v) is 10.2. The van der Waals surface area contributed by atoms with Crippen LogP contribution in [0.1, 0.15) is 24.8 Å². The molecule has 4 fully saturated rings. The van der Waals surface area contributed by atoms with Crippen LogP contribution in [0.5, 0.6) is 0 Å². The zero-order valence-electron chi connectivity index (χ0n) is 15.6. The highest BCUT2D eigenvalue weighted by atomic mass is 16.5. The van der Waals surface area contributed by atoms with Crippen LogP contribution in [-0.2, 0) is 11.3 Å². The molecule has 0 radical (unpaired) electrons. The highest BCUT2D eigenvalue weighted by molar-refractivity contribution is 5.18. The van der Waals surface area contributed by atoms with Gasteiger partial charge in [0.15, 0.2) is 0 Å². The van der Waals surface area contributed by atoms with E-state index in [1.807, 2.05) is 0 Å². The molecule has 1 N–H and O–H groups in total. The number of hydrogen-bond donors (Lipinski definition) is 1. The minimum atomic E-state index is -0.148. The molecule has 0 aliphatic carbocycles. The molecule has 4 aliphatic rings. The lowest BCUT2D eigenvalue weighted by atomic mass is 9.81. The molecule has 4 aliphatic heterocycles. The van der Waals surface area contributed by atoms with Crippen LogP contribution >= 0.6 is 0 Å². The fourth-order valence-electron chi connectivity index (χ4n) is 5.78. The Labute approximate surface area is 156 Å². The highest BCUT2D eigenvalue weighted by Crippen LogP contribution is 2.41. The molecule has 26 heavy (non-hydrogen) atoms. The molecule has 1 spiro atoms. The number of benzene rings is 1. The molecule has 0 aromatic heterocycles. The minimum Gasteiger partial charge on any atom is -0.392 e. The standard InChI is InChI=1S/C21H31N3O2/c25-20-10-19-12-22(11-17-4-2-1-3-5-17)14-21(24(19)13-20)15-23(16-21)18-6-8-26-9-7-18/h1-5,18-20,25H,6-16H2/t19-,20+/m0/s1. The Morgan fingerprint density at radius 2 is 1.77 bits per heavy atom. The Morgan fingerprint density at radius 1 is 1.00 bits per heavy atom. The van der Waals surface area contributed by atoms with Gasteiger partial charge in [0.2, 0.25) is 0 Å². The summed E-state index contributed by atoms with van der Waals surface area (Å²) in [5, 5.41) is 10.3. The van der Waals surface area contributed by atoms with Gasteiger partial charge in [-0.15, -0.1) is 0 Å². The van der Waals surface area contributed by atoms with Gasteiger partial charge < -0.3 is 9.84 Å². The van der Waals surface area contributed by atoms with E-state index in [4.69, 9.17) is 4.74 Å². The molecule has 4 heterocycles. The average molecular weight is 357 g/mol. The quantitative estimate of drug-likeness (QED) is 0.879. The van der Waals surface area contributed by atoms with Crippen molar-refractivity contribution in [2.75, 3.05) is 45.9 Å². The summed E-state index contributed by atoms with van der Waals surface area (Å²) < 4.78 is 5.54. The Morgan fingerprint density at radius 3 is 2.54 bits per heavy atom. The average Bonchev–Trinajstić information content (AvgIpc) is 3.01. The van der Waals surface area contributed by atoms with E-state index >= 15 is 0 Å². The summed E-state index contributed by atoms with van der Waals surface area (Å²) in [6, 6.07) is 12.0. The maximum atomic E-state index is 10.3. The number of hydrogen-bond acceptors (Lipinski definition) is 5. The molecule has 1 aromatic carbocycles. The van der Waals surface area contributed by atoms with Crippen molar-refractivity contribution in [2.24, 2.45) is 0 Å². The van der Waals surface area contributed by atoms with Gasteiger partial charge >= 0.3 is 0 Å². The van der Waals surface area contributed by atoms with E-state index in [0.29, 0.717) is 12.1 Å². The molecule has 0 saturated carbocycles. The van der Waals surface area contributed by atoms with Gasteiger partial charge in [-0.25, -0.2) is 0 Å². The monoisotopic (exact) mass is 357 g/mol. The van der Waals surface area contributed by atoms with Crippen molar-refractivity contribution in [3.05, 3.63) is 35.9 Å². The lowest BCUT2D eigenvalue weighted by molar-refractivity contribution is -0.137. The van der Waals surface area contributed by atoms with Crippen molar-refractivity contribution in [1.82, 2.24) is 14.7 Å². The first kappa shape index (κ1) is 17.1. The van der Waals surface area contributed by atoms with Crippen LogP contribution in [0.25, 0.3) is 0 Å². The maximum absolute atomic E-state index is 10.3. The van der Waals surface area contributed by atoms with Gasteiger partial charge in [-0.3, -0.25) is 14.7 Å². The molecule has 5 heteroatoms. The largest absolute Gasteiger partial charge is 0.392 e. The number of fused-ring (bicyclic) bond motifs is 2. The molecule has 1 aromatic rings. The number of aliphatic hydroxyl groups excluding tert-OH is 1. The summed E-state index contributed by atoms with van der Waals surface area (Å²) in [4.78, 5) is 7.97. The third kappa shape index (κ3) is 3.10. The van der Waals surface area contributed by atoms with Crippen LogP contribution in [0.15, 0.2) is 30.3 Å². The number of rotatable bonds is 3. The lowest BCUT2D eigenvalue weighted by Gasteiger charge is -2.63. The number of piperazine rings is 1. The molecule has 0 unspecified atom stereocenters. The van der Waals surface area contributed by atoms with E-state index in [1.165, 1.54) is 18.4 Å². The molecular weight excluding hydrogens is 326 g/mol. The van der Waals surface area contributed by atoms with Crippen LogP contribution in [0.3, 0.4) is 0 Å². The SMILES string of the molecule is O[C@@H]1C[C@H]2CN(Cc3ccccc3)CC3(CN(C4CCOCC4)C3)N2C1. The van der Waals surface area contributed by atoms with E-state index in [-0.39, 0.29) is 11.6 Å². The minimum absolute atomic E-state index is 0.148. The van der Waals surface area contributed by atoms with E-state index < -0.39 is 0 Å². The van der Waals surface area contributed by atoms with Crippen molar-refractivity contribution >= 4 is 0 Å². The molecule has 0 bridgehead atoms. The topological polar surface area (TPSA) is 39.2 Å². The Hall–Kier alpha value is -0.980. The van der Waals surface area contributed by atoms with Crippen LogP contribution in [0.4, 0.5) is 0 Å². The highest BCUT2D eigenvalue weighted by Gasteiger charge is 2.56. The first-order valence-electron chi connectivity index (χ1n) is 10.2.